The molecule has 0 atom stereocenters. The third kappa shape index (κ3) is 7.14. The molecule has 0 fully saturated rings. The molecule has 0 saturated heterocycles. The summed E-state index contributed by atoms with van der Waals surface area (Å²) in [5.74, 6) is 0.166. The van der Waals surface area contributed by atoms with Gasteiger partial charge in [0.1, 0.15) is 0 Å². The Kier molecular flexibility index (Phi) is 5.58. The summed E-state index contributed by atoms with van der Waals surface area (Å²) in [6.07, 6.45) is 1.24. The average Bonchev–Trinajstić information content (AvgIpc) is 2.08. The molecule has 2 N–H and O–H groups in total. The Labute approximate surface area is 93.3 Å². The highest BCUT2D eigenvalue weighted by atomic mass is 16.2. The minimum Gasteiger partial charge on any atom is -0.339 e. The minimum atomic E-state index is -0.266. The third-order valence-electron chi connectivity index (χ3n) is 2.18. The summed E-state index contributed by atoms with van der Waals surface area (Å²) >= 11 is 0. The van der Waals surface area contributed by atoms with Crippen molar-refractivity contribution in [2.24, 2.45) is 5.73 Å². The maximum Gasteiger partial charge on any atom is 0.222 e. The van der Waals surface area contributed by atoms with Crippen LogP contribution < -0.4 is 5.73 Å². The summed E-state index contributed by atoms with van der Waals surface area (Å²) in [6.45, 7) is 13.0. The number of likely N-dealkylation sites (N-methyl/N-ethyl adjacent to an activating group) is 1. The third-order valence-corrected chi connectivity index (χ3v) is 2.18. The second kappa shape index (κ2) is 5.91. The summed E-state index contributed by atoms with van der Waals surface area (Å²) in [4.78, 5) is 13.6. The summed E-state index contributed by atoms with van der Waals surface area (Å²) in [5, 5.41) is 0. The number of hydrogen-bond donors (Lipinski definition) is 1. The van der Waals surface area contributed by atoms with E-state index in [2.05, 4.69) is 6.58 Å². The molecular weight excluding hydrogens is 188 g/mol. The van der Waals surface area contributed by atoms with E-state index in [0.29, 0.717) is 13.0 Å². The Morgan fingerprint density at radius 1 is 1.47 bits per heavy atom. The molecule has 0 spiro atoms. The van der Waals surface area contributed by atoms with Crippen LogP contribution in [-0.2, 0) is 4.79 Å². The fourth-order valence-corrected chi connectivity index (χ4v) is 1.29. The molecule has 3 heteroatoms. The monoisotopic (exact) mass is 212 g/mol. The highest BCUT2D eigenvalue weighted by Crippen LogP contribution is 2.09. The SMILES string of the molecule is C=C(C)CN(CC)C(=O)CCC(C)(C)N. The Morgan fingerprint density at radius 2 is 2.00 bits per heavy atom. The molecule has 3 nitrogen and oxygen atoms in total. The van der Waals surface area contributed by atoms with Gasteiger partial charge < -0.3 is 10.6 Å². The van der Waals surface area contributed by atoms with E-state index in [1.54, 1.807) is 0 Å². The summed E-state index contributed by atoms with van der Waals surface area (Å²) in [7, 11) is 0. The van der Waals surface area contributed by atoms with Crippen LogP contribution in [0.2, 0.25) is 0 Å². The van der Waals surface area contributed by atoms with Gasteiger partial charge in [0.05, 0.1) is 0 Å². The second-order valence-electron chi connectivity index (χ2n) is 4.85. The van der Waals surface area contributed by atoms with Crippen LogP contribution >= 0.6 is 0 Å². The van der Waals surface area contributed by atoms with Gasteiger partial charge in [-0.1, -0.05) is 12.2 Å². The predicted molar refractivity (Wildman–Crippen MR) is 64.6 cm³/mol. The van der Waals surface area contributed by atoms with E-state index < -0.39 is 0 Å². The van der Waals surface area contributed by atoms with Crippen molar-refractivity contribution in [1.29, 1.82) is 0 Å². The van der Waals surface area contributed by atoms with E-state index in [4.69, 9.17) is 5.73 Å². The van der Waals surface area contributed by atoms with E-state index in [-0.39, 0.29) is 11.4 Å². The lowest BCUT2D eigenvalue weighted by molar-refractivity contribution is -0.130. The van der Waals surface area contributed by atoms with Crippen molar-refractivity contribution in [2.75, 3.05) is 13.1 Å². The number of carbonyl (C=O) groups excluding carboxylic acids is 1. The molecule has 15 heavy (non-hydrogen) atoms. The molecule has 0 aliphatic carbocycles. The van der Waals surface area contributed by atoms with Gasteiger partial charge in [-0.2, -0.15) is 0 Å². The number of nitrogens with zero attached hydrogens (tertiary/aromatic N) is 1. The standard InChI is InChI=1S/C12H24N2O/c1-6-14(9-10(2)3)11(15)7-8-12(4,5)13/h2,6-9,13H2,1,3-5H3. The van der Waals surface area contributed by atoms with E-state index >= 15 is 0 Å². The van der Waals surface area contributed by atoms with Crippen molar-refractivity contribution in [1.82, 2.24) is 4.90 Å². The van der Waals surface area contributed by atoms with Crippen molar-refractivity contribution in [2.45, 2.75) is 46.1 Å². The Morgan fingerprint density at radius 3 is 2.33 bits per heavy atom. The molecule has 0 aromatic rings. The fraction of sp³-hybridized carbons (Fsp3) is 0.750. The van der Waals surface area contributed by atoms with Crippen LogP contribution in [0.4, 0.5) is 0 Å². The van der Waals surface area contributed by atoms with E-state index in [9.17, 15) is 4.79 Å². The van der Waals surface area contributed by atoms with Crippen molar-refractivity contribution < 1.29 is 4.79 Å². The quantitative estimate of drug-likeness (QED) is 0.684. The largest absolute Gasteiger partial charge is 0.339 e. The van der Waals surface area contributed by atoms with Gasteiger partial charge in [0.2, 0.25) is 5.91 Å². The van der Waals surface area contributed by atoms with Crippen LogP contribution in [0.3, 0.4) is 0 Å². The zero-order valence-electron chi connectivity index (χ0n) is 10.5. The minimum absolute atomic E-state index is 0.166. The molecule has 0 rings (SSSR count). The summed E-state index contributed by atoms with van der Waals surface area (Å²) < 4.78 is 0. The number of carbonyl (C=O) groups is 1. The Hall–Kier alpha value is -0.830. The van der Waals surface area contributed by atoms with Crippen molar-refractivity contribution in [3.05, 3.63) is 12.2 Å². The molecule has 88 valence electrons. The lowest BCUT2D eigenvalue weighted by atomic mass is 9.99. The zero-order valence-corrected chi connectivity index (χ0v) is 10.5. The van der Waals surface area contributed by atoms with E-state index in [1.807, 2.05) is 32.6 Å². The zero-order chi connectivity index (χ0) is 12.1. The lowest BCUT2D eigenvalue weighted by Crippen LogP contribution is -2.36. The normalized spacial score (nSPS) is 11.3. The van der Waals surface area contributed by atoms with Crippen LogP contribution in [-0.4, -0.2) is 29.4 Å². The number of hydrogen-bond acceptors (Lipinski definition) is 2. The molecule has 0 aliphatic rings. The van der Waals surface area contributed by atoms with Crippen molar-refractivity contribution >= 4 is 5.91 Å². The number of rotatable bonds is 6. The van der Waals surface area contributed by atoms with Crippen LogP contribution in [0.15, 0.2) is 12.2 Å². The molecule has 0 aromatic heterocycles. The first kappa shape index (κ1) is 14.2. The highest BCUT2D eigenvalue weighted by Gasteiger charge is 2.16. The van der Waals surface area contributed by atoms with Gasteiger partial charge in [0, 0.05) is 25.0 Å². The van der Waals surface area contributed by atoms with Crippen molar-refractivity contribution in [3.63, 3.8) is 0 Å². The first-order chi connectivity index (χ1) is 6.76. The van der Waals surface area contributed by atoms with Crippen molar-refractivity contribution in [3.8, 4) is 0 Å². The predicted octanol–water partition coefficient (Wildman–Crippen LogP) is 1.93. The van der Waals surface area contributed by atoms with Gasteiger partial charge in [0.15, 0.2) is 0 Å². The maximum absolute atomic E-state index is 11.8. The molecule has 0 aromatic carbocycles. The molecule has 0 unspecified atom stereocenters. The van der Waals surface area contributed by atoms with Crippen LogP contribution in [0.25, 0.3) is 0 Å². The fourth-order valence-electron chi connectivity index (χ4n) is 1.29. The first-order valence-electron chi connectivity index (χ1n) is 5.47. The molecular formula is C12H24N2O. The number of amides is 1. The van der Waals surface area contributed by atoms with E-state index in [0.717, 1.165) is 18.5 Å². The molecule has 0 bridgehead atoms. The second-order valence-corrected chi connectivity index (χ2v) is 4.85. The topological polar surface area (TPSA) is 46.3 Å². The summed E-state index contributed by atoms with van der Waals surface area (Å²) in [5.41, 5.74) is 6.58. The van der Waals surface area contributed by atoms with E-state index in [1.165, 1.54) is 0 Å². The summed E-state index contributed by atoms with van der Waals surface area (Å²) in [6, 6.07) is 0. The van der Waals surface area contributed by atoms with Crippen LogP contribution in [0, 0.1) is 0 Å². The van der Waals surface area contributed by atoms with Gasteiger partial charge in [-0.3, -0.25) is 4.79 Å². The van der Waals surface area contributed by atoms with Crippen LogP contribution in [0.5, 0.6) is 0 Å². The van der Waals surface area contributed by atoms with Gasteiger partial charge in [-0.15, -0.1) is 0 Å². The lowest BCUT2D eigenvalue weighted by Gasteiger charge is -2.23. The molecule has 0 heterocycles. The first-order valence-corrected chi connectivity index (χ1v) is 5.47. The van der Waals surface area contributed by atoms with Gasteiger partial charge in [-0.05, 0) is 34.1 Å². The molecule has 0 saturated carbocycles. The molecule has 0 radical (unpaired) electrons. The van der Waals surface area contributed by atoms with Gasteiger partial charge >= 0.3 is 0 Å². The average molecular weight is 212 g/mol. The number of nitrogens with two attached hydrogens (primary N) is 1. The Bertz CT molecular complexity index is 228. The van der Waals surface area contributed by atoms with Gasteiger partial charge in [-0.25, -0.2) is 0 Å². The molecule has 0 aliphatic heterocycles. The highest BCUT2D eigenvalue weighted by molar-refractivity contribution is 5.76. The smallest absolute Gasteiger partial charge is 0.222 e. The maximum atomic E-state index is 11.8. The van der Waals surface area contributed by atoms with Gasteiger partial charge in [0.25, 0.3) is 0 Å². The van der Waals surface area contributed by atoms with Crippen LogP contribution in [0.1, 0.15) is 40.5 Å². The molecule has 1 amide bonds. The Balaban J connectivity index is 4.11.